The molecule has 6 rings (SSSR count). The number of benzene rings is 4. The first-order valence-electron chi connectivity index (χ1n) is 10.7. The van der Waals surface area contributed by atoms with Crippen LogP contribution < -0.4 is 0 Å². The Morgan fingerprint density at radius 2 is 1.65 bits per heavy atom. The highest BCUT2D eigenvalue weighted by molar-refractivity contribution is 6.30. The van der Waals surface area contributed by atoms with Crippen LogP contribution in [0.1, 0.15) is 15.9 Å². The van der Waals surface area contributed by atoms with E-state index in [2.05, 4.69) is 15.2 Å². The van der Waals surface area contributed by atoms with Gasteiger partial charge in [-0.25, -0.2) is 0 Å². The Kier molecular flexibility index (Phi) is 4.67. The number of ketones is 1. The quantitative estimate of drug-likeness (QED) is 0.208. The molecular weight excluding hydrogens is 448 g/mol. The highest BCUT2D eigenvalue weighted by Crippen LogP contribution is 2.41. The molecule has 0 radical (unpaired) electrons. The fraction of sp³-hybridized carbons (Fsp3) is 0. The van der Waals surface area contributed by atoms with Crippen LogP contribution in [0.25, 0.3) is 27.5 Å². The third-order valence-corrected chi connectivity index (χ3v) is 6.07. The lowest BCUT2D eigenvalue weighted by molar-refractivity contribution is 0.104. The number of rotatable bonds is 4. The van der Waals surface area contributed by atoms with Gasteiger partial charge in [0.1, 0.15) is 5.65 Å². The zero-order valence-corrected chi connectivity index (χ0v) is 18.5. The van der Waals surface area contributed by atoms with Gasteiger partial charge < -0.3 is 10.1 Å². The summed E-state index contributed by atoms with van der Waals surface area (Å²) in [5, 5.41) is 22.4. The zero-order valence-electron chi connectivity index (χ0n) is 17.7. The van der Waals surface area contributed by atoms with Crippen LogP contribution in [-0.2, 0) is 0 Å². The number of nitrogens with one attached hydrogen (secondary N) is 1. The summed E-state index contributed by atoms with van der Waals surface area (Å²) < 4.78 is 1.62. The molecule has 0 aliphatic heterocycles. The smallest absolute Gasteiger partial charge is 0.226 e. The highest BCUT2D eigenvalue weighted by atomic mass is 35.5. The van der Waals surface area contributed by atoms with Crippen molar-refractivity contribution < 1.29 is 9.90 Å². The van der Waals surface area contributed by atoms with E-state index in [-0.39, 0.29) is 22.9 Å². The number of aromatic amines is 1. The Hall–Kier alpha value is -4.42. The molecule has 2 N–H and O–H groups in total. The highest BCUT2D eigenvalue weighted by Gasteiger charge is 2.27. The van der Waals surface area contributed by atoms with Gasteiger partial charge in [0.25, 0.3) is 0 Å². The number of halogens is 1. The van der Waals surface area contributed by atoms with Crippen LogP contribution in [0.2, 0.25) is 5.02 Å². The second kappa shape index (κ2) is 7.86. The number of hydrogen-bond donors (Lipinski definition) is 2. The lowest BCUT2D eigenvalue weighted by Crippen LogP contribution is -2.03. The minimum Gasteiger partial charge on any atom is -0.493 e. The first kappa shape index (κ1) is 20.2. The summed E-state index contributed by atoms with van der Waals surface area (Å²) in [6, 6.07) is 27.5. The van der Waals surface area contributed by atoms with E-state index in [1.807, 2.05) is 42.5 Å². The lowest BCUT2D eigenvalue weighted by atomic mass is 10.0. The minimum absolute atomic E-state index is 0.0844. The van der Waals surface area contributed by atoms with Crippen LogP contribution in [0.5, 0.6) is 5.88 Å². The minimum atomic E-state index is -0.274. The van der Waals surface area contributed by atoms with E-state index in [1.54, 1.807) is 52.9 Å². The van der Waals surface area contributed by atoms with E-state index in [0.717, 1.165) is 21.8 Å². The molecule has 0 saturated heterocycles. The van der Waals surface area contributed by atoms with Crippen molar-refractivity contribution >= 4 is 56.2 Å². The Morgan fingerprint density at radius 1 is 0.882 bits per heavy atom. The number of hydrogen-bond acceptors (Lipinski definition) is 4. The maximum atomic E-state index is 13.7. The number of azo groups is 1. The van der Waals surface area contributed by atoms with Gasteiger partial charge in [0.15, 0.2) is 11.5 Å². The lowest BCUT2D eigenvalue weighted by Gasteiger charge is -2.10. The fourth-order valence-corrected chi connectivity index (χ4v) is 4.51. The van der Waals surface area contributed by atoms with Crippen LogP contribution in [0, 0.1) is 0 Å². The molecule has 0 bridgehead atoms. The van der Waals surface area contributed by atoms with E-state index in [4.69, 9.17) is 11.6 Å². The molecule has 2 heterocycles. The summed E-state index contributed by atoms with van der Waals surface area (Å²) in [4.78, 5) is 17.0. The van der Waals surface area contributed by atoms with Gasteiger partial charge in [-0.2, -0.15) is 5.11 Å². The molecule has 164 valence electrons. The molecule has 0 fully saturated rings. The number of carbonyl (C=O) groups excluding carboxylic acids is 1. The maximum absolute atomic E-state index is 13.7. The number of H-pyrrole nitrogens is 1. The number of carbonyl (C=O) groups is 1. The van der Waals surface area contributed by atoms with Crippen molar-refractivity contribution in [3.05, 3.63) is 107 Å². The molecule has 6 nitrogen and oxygen atoms in total. The molecule has 6 aromatic rings. The van der Waals surface area contributed by atoms with Crippen LogP contribution in [0.4, 0.5) is 11.4 Å². The number of aromatic hydroxyl groups is 1. The normalized spacial score (nSPS) is 11.8. The van der Waals surface area contributed by atoms with Gasteiger partial charge in [-0.1, -0.05) is 72.3 Å². The predicted molar refractivity (Wildman–Crippen MR) is 134 cm³/mol. The fourth-order valence-electron chi connectivity index (χ4n) is 4.33. The third kappa shape index (κ3) is 3.16. The van der Waals surface area contributed by atoms with Crippen LogP contribution in [0.15, 0.2) is 101 Å². The van der Waals surface area contributed by atoms with Gasteiger partial charge in [-0.15, -0.1) is 5.11 Å². The van der Waals surface area contributed by atoms with Crippen molar-refractivity contribution in [3.8, 4) is 5.88 Å². The molecule has 0 atom stereocenters. The molecule has 0 unspecified atom stereocenters. The standard InChI is InChI=1S/C27H17ClN4O2/c28-18-11-6-12-19(15-18)30-31-24-23(25(33)17-7-2-1-3-8-17)26-29-20-13-4-9-16-10-5-14-21(22(16)20)32(26)27(24)34/h1-15,29,34H. The van der Waals surface area contributed by atoms with Crippen molar-refractivity contribution in [2.75, 3.05) is 0 Å². The van der Waals surface area contributed by atoms with Gasteiger partial charge in [-0.3, -0.25) is 9.20 Å². The predicted octanol–water partition coefficient (Wildman–Crippen LogP) is 7.58. The molecule has 34 heavy (non-hydrogen) atoms. The van der Waals surface area contributed by atoms with Crippen LogP contribution >= 0.6 is 11.6 Å². The maximum Gasteiger partial charge on any atom is 0.226 e. The Balaban J connectivity index is 1.69. The molecule has 0 saturated carbocycles. The van der Waals surface area contributed by atoms with Crippen molar-refractivity contribution in [2.24, 2.45) is 10.2 Å². The summed E-state index contributed by atoms with van der Waals surface area (Å²) in [7, 11) is 0. The summed E-state index contributed by atoms with van der Waals surface area (Å²) in [6.07, 6.45) is 0. The number of aromatic nitrogens is 2. The van der Waals surface area contributed by atoms with Crippen LogP contribution in [0.3, 0.4) is 0 Å². The molecule has 7 heteroatoms. The first-order chi connectivity index (χ1) is 16.6. The molecule has 0 aliphatic carbocycles. The van der Waals surface area contributed by atoms with Crippen molar-refractivity contribution in [3.63, 3.8) is 0 Å². The van der Waals surface area contributed by atoms with Gasteiger partial charge in [0.2, 0.25) is 5.88 Å². The number of nitrogens with zero attached hydrogens (tertiary/aromatic N) is 3. The summed E-state index contributed by atoms with van der Waals surface area (Å²) >= 11 is 6.08. The van der Waals surface area contributed by atoms with Gasteiger partial charge in [0.05, 0.1) is 16.8 Å². The average Bonchev–Trinajstić information content (AvgIpc) is 3.14. The largest absolute Gasteiger partial charge is 0.493 e. The van der Waals surface area contributed by atoms with E-state index in [9.17, 15) is 9.90 Å². The third-order valence-electron chi connectivity index (χ3n) is 5.83. The molecule has 4 aromatic carbocycles. The molecular formula is C27H17ClN4O2. The summed E-state index contributed by atoms with van der Waals surface area (Å²) in [6.45, 7) is 0. The number of fused-ring (bicyclic) bond motifs is 2. The molecule has 2 aromatic heterocycles. The Bertz CT molecular complexity index is 1740. The first-order valence-corrected chi connectivity index (χ1v) is 11.0. The SMILES string of the molecule is O=C(c1ccccc1)c1c(N=Nc2cccc(Cl)c2)c(O)n2c1[nH]c1cccc3cccc2c31. The zero-order chi connectivity index (χ0) is 23.2. The van der Waals surface area contributed by atoms with Crippen molar-refractivity contribution in [1.82, 2.24) is 9.38 Å². The summed E-state index contributed by atoms with van der Waals surface area (Å²) in [5.41, 5.74) is 3.35. The molecule has 0 amide bonds. The topological polar surface area (TPSA) is 82.2 Å². The van der Waals surface area contributed by atoms with E-state index in [0.29, 0.717) is 21.9 Å². The van der Waals surface area contributed by atoms with Gasteiger partial charge in [0, 0.05) is 21.5 Å². The summed E-state index contributed by atoms with van der Waals surface area (Å²) in [5.74, 6) is -0.446. The van der Waals surface area contributed by atoms with Crippen molar-refractivity contribution in [2.45, 2.75) is 0 Å². The Morgan fingerprint density at radius 3 is 2.44 bits per heavy atom. The van der Waals surface area contributed by atoms with E-state index >= 15 is 0 Å². The van der Waals surface area contributed by atoms with Gasteiger partial charge in [-0.05, 0) is 35.7 Å². The monoisotopic (exact) mass is 464 g/mol. The van der Waals surface area contributed by atoms with E-state index < -0.39 is 0 Å². The van der Waals surface area contributed by atoms with Crippen LogP contribution in [-0.4, -0.2) is 20.3 Å². The second-order valence-electron chi connectivity index (χ2n) is 7.91. The van der Waals surface area contributed by atoms with Gasteiger partial charge >= 0.3 is 0 Å². The second-order valence-corrected chi connectivity index (χ2v) is 8.35. The average molecular weight is 465 g/mol. The van der Waals surface area contributed by atoms with Crippen molar-refractivity contribution in [1.29, 1.82) is 0 Å². The van der Waals surface area contributed by atoms with E-state index in [1.165, 1.54) is 0 Å². The molecule has 0 spiro atoms. The Labute approximate surface area is 198 Å². The molecule has 0 aliphatic rings.